The van der Waals surface area contributed by atoms with Gasteiger partial charge in [-0.05, 0) is 26.0 Å². The van der Waals surface area contributed by atoms with Crippen LogP contribution in [0.2, 0.25) is 0 Å². The quantitative estimate of drug-likeness (QED) is 0.785. The van der Waals surface area contributed by atoms with Crippen molar-refractivity contribution in [1.29, 1.82) is 0 Å². The Hall–Kier alpha value is -1.93. The van der Waals surface area contributed by atoms with Crippen LogP contribution in [-0.4, -0.2) is 48.8 Å². The van der Waals surface area contributed by atoms with Crippen LogP contribution in [0.25, 0.3) is 0 Å². The lowest BCUT2D eigenvalue weighted by Gasteiger charge is -2.23. The maximum absolute atomic E-state index is 12.2. The fraction of sp³-hybridized carbons (Fsp3) is 0.385. The van der Waals surface area contributed by atoms with Crippen LogP contribution < -0.4 is 5.32 Å². The minimum atomic E-state index is -3.78. The summed E-state index contributed by atoms with van der Waals surface area (Å²) in [6, 6.07) is 7.68. The number of carbonyl (C=O) groups is 2. The van der Waals surface area contributed by atoms with Crippen LogP contribution in [0.1, 0.15) is 13.8 Å². The molecule has 0 aliphatic carbocycles. The van der Waals surface area contributed by atoms with Gasteiger partial charge in [0.1, 0.15) is 5.54 Å². The van der Waals surface area contributed by atoms with Gasteiger partial charge in [0.15, 0.2) is 0 Å². The van der Waals surface area contributed by atoms with Crippen molar-refractivity contribution < 1.29 is 23.1 Å². The van der Waals surface area contributed by atoms with E-state index in [0.29, 0.717) is 0 Å². The summed E-state index contributed by atoms with van der Waals surface area (Å²) in [6.07, 6.45) is 0. The lowest BCUT2D eigenvalue weighted by Crippen LogP contribution is -2.52. The molecule has 1 rings (SSSR count). The van der Waals surface area contributed by atoms with Crippen molar-refractivity contribution in [2.75, 3.05) is 13.6 Å². The number of carboxylic acids is 1. The van der Waals surface area contributed by atoms with Gasteiger partial charge in [-0.1, -0.05) is 18.2 Å². The fourth-order valence-electron chi connectivity index (χ4n) is 1.50. The SMILES string of the molecule is CN(CC(=O)NC(C)(C)C(=O)O)S(=O)(=O)c1ccccc1. The topological polar surface area (TPSA) is 104 Å². The first-order valence-corrected chi connectivity index (χ1v) is 7.57. The molecule has 21 heavy (non-hydrogen) atoms. The number of amides is 1. The first-order chi connectivity index (χ1) is 9.57. The normalized spacial score (nSPS) is 12.2. The molecule has 0 aromatic heterocycles. The van der Waals surface area contributed by atoms with E-state index in [0.717, 1.165) is 4.31 Å². The number of rotatable bonds is 6. The van der Waals surface area contributed by atoms with Crippen molar-refractivity contribution in [3.05, 3.63) is 30.3 Å². The number of carboxylic acid groups (broad SMARTS) is 1. The second kappa shape index (κ2) is 6.23. The largest absolute Gasteiger partial charge is 0.480 e. The molecule has 2 N–H and O–H groups in total. The molecule has 0 saturated heterocycles. The lowest BCUT2D eigenvalue weighted by atomic mass is 10.1. The molecule has 0 atom stereocenters. The summed E-state index contributed by atoms with van der Waals surface area (Å²) in [5.41, 5.74) is -1.46. The van der Waals surface area contributed by atoms with Crippen molar-refractivity contribution >= 4 is 21.9 Å². The standard InChI is InChI=1S/C13H18N2O5S/c1-13(2,12(17)18)14-11(16)9-15(3)21(19,20)10-7-5-4-6-8-10/h4-8H,9H2,1-3H3,(H,14,16)(H,17,18). The fourth-order valence-corrected chi connectivity index (χ4v) is 2.65. The van der Waals surface area contributed by atoms with Gasteiger partial charge in [-0.2, -0.15) is 4.31 Å². The summed E-state index contributed by atoms with van der Waals surface area (Å²) < 4.78 is 25.3. The van der Waals surface area contributed by atoms with Crippen molar-refractivity contribution in [2.45, 2.75) is 24.3 Å². The van der Waals surface area contributed by atoms with Crippen molar-refractivity contribution in [3.8, 4) is 0 Å². The second-order valence-corrected chi connectivity index (χ2v) is 7.10. The minimum Gasteiger partial charge on any atom is -0.480 e. The smallest absolute Gasteiger partial charge is 0.328 e. The zero-order chi connectivity index (χ0) is 16.3. The Morgan fingerprint density at radius 3 is 2.24 bits per heavy atom. The van der Waals surface area contributed by atoms with Gasteiger partial charge < -0.3 is 10.4 Å². The third kappa shape index (κ3) is 4.27. The number of hydrogen-bond acceptors (Lipinski definition) is 4. The van der Waals surface area contributed by atoms with Gasteiger partial charge in [-0.15, -0.1) is 0 Å². The summed E-state index contributed by atoms with van der Waals surface area (Å²) in [5.74, 6) is -1.89. The van der Waals surface area contributed by atoms with Crippen LogP contribution in [0.15, 0.2) is 35.2 Å². The molecular formula is C13H18N2O5S. The third-order valence-electron chi connectivity index (χ3n) is 2.80. The van der Waals surface area contributed by atoms with Gasteiger partial charge in [0, 0.05) is 7.05 Å². The van der Waals surface area contributed by atoms with Crippen LogP contribution in [-0.2, 0) is 19.6 Å². The summed E-state index contributed by atoms with van der Waals surface area (Å²) >= 11 is 0. The van der Waals surface area contributed by atoms with Crippen molar-refractivity contribution in [3.63, 3.8) is 0 Å². The van der Waals surface area contributed by atoms with E-state index in [1.807, 2.05) is 0 Å². The van der Waals surface area contributed by atoms with Crippen LogP contribution in [0.3, 0.4) is 0 Å². The molecule has 1 amide bonds. The molecule has 0 unspecified atom stereocenters. The average molecular weight is 314 g/mol. The number of likely N-dealkylation sites (N-methyl/N-ethyl adjacent to an activating group) is 1. The Balaban J connectivity index is 2.80. The van der Waals surface area contributed by atoms with Crippen LogP contribution in [0.5, 0.6) is 0 Å². The maximum Gasteiger partial charge on any atom is 0.328 e. The van der Waals surface area contributed by atoms with E-state index < -0.39 is 34.0 Å². The monoisotopic (exact) mass is 314 g/mol. The molecule has 8 heteroatoms. The molecule has 0 fully saturated rings. The molecule has 1 aromatic carbocycles. The van der Waals surface area contributed by atoms with Crippen LogP contribution >= 0.6 is 0 Å². The molecule has 0 aliphatic heterocycles. The third-order valence-corrected chi connectivity index (χ3v) is 4.62. The molecule has 0 bridgehead atoms. The Kier molecular flexibility index (Phi) is 5.08. The first-order valence-electron chi connectivity index (χ1n) is 6.13. The second-order valence-electron chi connectivity index (χ2n) is 5.05. The predicted molar refractivity (Wildman–Crippen MR) is 76.1 cm³/mol. The number of carbonyl (C=O) groups excluding carboxylic acids is 1. The summed E-state index contributed by atoms with van der Waals surface area (Å²) in [5, 5.41) is 11.2. The van der Waals surface area contributed by atoms with E-state index in [9.17, 15) is 18.0 Å². The molecule has 1 aromatic rings. The molecule has 0 spiro atoms. The molecule has 7 nitrogen and oxygen atoms in total. The Morgan fingerprint density at radius 2 is 1.76 bits per heavy atom. The Labute approximate surface area is 123 Å². The highest BCUT2D eigenvalue weighted by atomic mass is 32.2. The molecule has 0 saturated carbocycles. The lowest BCUT2D eigenvalue weighted by molar-refractivity contribution is -0.146. The summed E-state index contributed by atoms with van der Waals surface area (Å²) in [4.78, 5) is 22.8. The van der Waals surface area contributed by atoms with Gasteiger partial charge in [-0.3, -0.25) is 4.79 Å². The number of sulfonamides is 1. The number of nitrogens with one attached hydrogen (secondary N) is 1. The van der Waals surface area contributed by atoms with Crippen LogP contribution in [0.4, 0.5) is 0 Å². The van der Waals surface area contributed by atoms with E-state index in [1.54, 1.807) is 18.2 Å². The first kappa shape index (κ1) is 17.1. The van der Waals surface area contributed by atoms with Gasteiger partial charge in [0.2, 0.25) is 15.9 Å². The van der Waals surface area contributed by atoms with Gasteiger partial charge in [0.05, 0.1) is 11.4 Å². The Bertz CT molecular complexity index is 625. The molecular weight excluding hydrogens is 296 g/mol. The van der Waals surface area contributed by atoms with E-state index in [2.05, 4.69) is 5.32 Å². The van der Waals surface area contributed by atoms with Gasteiger partial charge in [0.25, 0.3) is 0 Å². The van der Waals surface area contributed by atoms with Crippen LogP contribution in [0, 0.1) is 0 Å². The zero-order valence-corrected chi connectivity index (χ0v) is 12.8. The highest BCUT2D eigenvalue weighted by Gasteiger charge is 2.30. The molecule has 0 radical (unpaired) electrons. The molecule has 0 heterocycles. The summed E-state index contributed by atoms with van der Waals surface area (Å²) in [7, 11) is -2.53. The van der Waals surface area contributed by atoms with E-state index in [-0.39, 0.29) is 4.90 Å². The molecule has 116 valence electrons. The average Bonchev–Trinajstić information content (AvgIpc) is 2.38. The number of benzene rings is 1. The number of hydrogen-bond donors (Lipinski definition) is 2. The van der Waals surface area contributed by atoms with Gasteiger partial charge in [-0.25, -0.2) is 13.2 Å². The zero-order valence-electron chi connectivity index (χ0n) is 12.0. The highest BCUT2D eigenvalue weighted by molar-refractivity contribution is 7.89. The Morgan fingerprint density at radius 1 is 1.24 bits per heavy atom. The van der Waals surface area contributed by atoms with Crippen molar-refractivity contribution in [2.24, 2.45) is 0 Å². The number of aliphatic carboxylic acids is 1. The predicted octanol–water partition coefficient (Wildman–Crippen LogP) is 0.287. The van der Waals surface area contributed by atoms with E-state index >= 15 is 0 Å². The maximum atomic E-state index is 12.2. The number of nitrogens with zero attached hydrogens (tertiary/aromatic N) is 1. The molecule has 0 aliphatic rings. The van der Waals surface area contributed by atoms with Crippen molar-refractivity contribution in [1.82, 2.24) is 9.62 Å². The highest BCUT2D eigenvalue weighted by Crippen LogP contribution is 2.13. The van der Waals surface area contributed by atoms with E-state index in [4.69, 9.17) is 5.11 Å². The van der Waals surface area contributed by atoms with E-state index in [1.165, 1.54) is 33.0 Å². The summed E-state index contributed by atoms with van der Waals surface area (Å²) in [6.45, 7) is 2.17. The van der Waals surface area contributed by atoms with Gasteiger partial charge >= 0.3 is 5.97 Å². The minimum absolute atomic E-state index is 0.0674.